The van der Waals surface area contributed by atoms with Crippen LogP contribution in [-0.4, -0.2) is 61.1 Å². The van der Waals surface area contributed by atoms with E-state index in [1.165, 1.54) is 47.2 Å². The third-order valence-corrected chi connectivity index (χ3v) is 8.30. The predicted octanol–water partition coefficient (Wildman–Crippen LogP) is 3.87. The molecule has 1 aliphatic rings. The van der Waals surface area contributed by atoms with Crippen LogP contribution in [0.3, 0.4) is 0 Å². The van der Waals surface area contributed by atoms with Gasteiger partial charge in [0.05, 0.1) is 23.3 Å². The fourth-order valence-corrected chi connectivity index (χ4v) is 6.11. The fourth-order valence-electron chi connectivity index (χ4n) is 4.47. The number of aromatic hydroxyl groups is 1. The van der Waals surface area contributed by atoms with E-state index in [2.05, 4.69) is 5.32 Å². The van der Waals surface area contributed by atoms with E-state index < -0.39 is 28.3 Å². The lowest BCUT2D eigenvalue weighted by Gasteiger charge is -2.30. The second-order valence-corrected chi connectivity index (χ2v) is 12.0. The van der Waals surface area contributed by atoms with Gasteiger partial charge in [0.2, 0.25) is 16.8 Å². The molecule has 0 bridgehead atoms. The third kappa shape index (κ3) is 6.42. The number of benzene rings is 2. The third-order valence-electron chi connectivity index (χ3n) is 6.47. The molecular formula is C28H30N2O10S. The van der Waals surface area contributed by atoms with Crippen molar-refractivity contribution in [1.29, 1.82) is 0 Å². The van der Waals surface area contributed by atoms with Crippen LogP contribution >= 0.6 is 0 Å². The molecule has 1 aliphatic heterocycles. The smallest absolute Gasteiger partial charge is 0.413 e. The van der Waals surface area contributed by atoms with Gasteiger partial charge in [-0.25, -0.2) is 13.2 Å². The first kappa shape index (κ1) is 28.3. The highest BCUT2D eigenvalue weighted by atomic mass is 32.2. The highest BCUT2D eigenvalue weighted by molar-refractivity contribution is 7.89. The van der Waals surface area contributed by atoms with E-state index in [1.807, 2.05) is 13.8 Å². The summed E-state index contributed by atoms with van der Waals surface area (Å²) in [4.78, 5) is 12.9. The second kappa shape index (κ2) is 11.7. The first-order chi connectivity index (χ1) is 19.6. The Hall–Kier alpha value is -4.20. The number of nitrogens with one attached hydrogen (secondary N) is 1. The zero-order valence-electron chi connectivity index (χ0n) is 22.3. The second-order valence-electron chi connectivity index (χ2n) is 10.0. The average molecular weight is 587 g/mol. The Morgan fingerprint density at radius 2 is 1.80 bits per heavy atom. The van der Waals surface area contributed by atoms with Crippen LogP contribution in [0.25, 0.3) is 11.2 Å². The maximum absolute atomic E-state index is 13.7. The summed E-state index contributed by atoms with van der Waals surface area (Å²) < 4.78 is 55.0. The van der Waals surface area contributed by atoms with Gasteiger partial charge in [-0.2, -0.15) is 4.31 Å². The zero-order chi connectivity index (χ0) is 29.1. The van der Waals surface area contributed by atoms with Gasteiger partial charge < -0.3 is 38.6 Å². The Balaban J connectivity index is 1.38. The fraction of sp³-hybridized carbons (Fsp3) is 0.321. The molecule has 0 radical (unpaired) electrons. The first-order valence-corrected chi connectivity index (χ1v) is 14.3. The lowest BCUT2D eigenvalue weighted by Crippen LogP contribution is -2.51. The average Bonchev–Trinajstić information content (AvgIpc) is 3.67. The number of ether oxygens (including phenoxy) is 3. The summed E-state index contributed by atoms with van der Waals surface area (Å²) in [5.74, 6) is 1.05. The number of carbonyl (C=O) groups is 1. The molecular weight excluding hydrogens is 556 g/mol. The number of aliphatic hydroxyl groups excluding tert-OH is 1. The van der Waals surface area contributed by atoms with Crippen molar-refractivity contribution in [1.82, 2.24) is 9.62 Å². The molecule has 12 nitrogen and oxygen atoms in total. The number of phenolic OH excluding ortho intramolecular Hbond substituents is 1. The molecule has 1 amide bonds. The lowest BCUT2D eigenvalue weighted by molar-refractivity contribution is 0.0991. The molecule has 3 heterocycles. The minimum absolute atomic E-state index is 0.00109. The Kier molecular flexibility index (Phi) is 8.10. The summed E-state index contributed by atoms with van der Waals surface area (Å²) >= 11 is 0. The van der Waals surface area contributed by atoms with E-state index in [4.69, 9.17) is 23.0 Å². The van der Waals surface area contributed by atoms with Crippen molar-refractivity contribution in [3.8, 4) is 23.0 Å². The van der Waals surface area contributed by atoms with Gasteiger partial charge in [0.1, 0.15) is 17.4 Å². The molecule has 2 aromatic heterocycles. The Morgan fingerprint density at radius 1 is 1.05 bits per heavy atom. The van der Waals surface area contributed by atoms with Gasteiger partial charge >= 0.3 is 11.9 Å². The van der Waals surface area contributed by atoms with Crippen LogP contribution in [0.15, 0.2) is 74.8 Å². The zero-order valence-corrected chi connectivity index (χ0v) is 23.2. The van der Waals surface area contributed by atoms with Crippen LogP contribution in [0.4, 0.5) is 4.79 Å². The number of rotatable bonds is 11. The largest absolute Gasteiger partial charge is 0.508 e. The topological polar surface area (TPSA) is 161 Å². The van der Waals surface area contributed by atoms with Crippen molar-refractivity contribution < 1.29 is 46.5 Å². The molecule has 0 saturated heterocycles. The van der Waals surface area contributed by atoms with Crippen LogP contribution in [0, 0.1) is 5.92 Å². The van der Waals surface area contributed by atoms with Crippen molar-refractivity contribution in [2.75, 3.05) is 19.9 Å². The molecule has 13 heteroatoms. The molecule has 218 valence electrons. The molecule has 4 aromatic rings. The highest BCUT2D eigenvalue weighted by Gasteiger charge is 2.33. The summed E-state index contributed by atoms with van der Waals surface area (Å²) in [7, 11) is -4.07. The Bertz CT molecular complexity index is 1610. The molecule has 2 atom stereocenters. The standard InChI is InChI=1S/C28H30N2O10S/c1-17(2)13-30(41(34,35)20-7-8-24-25(12-20)39-16-38-24)14-23(32)22(11-18-3-5-19(31)6-4-18)29-28(33)40-26-15-37-27-21(26)9-10-36-27/h3-10,12,15,17,22-23,31-32H,11,13-14,16H2,1-2H3,(H,29,33)/t22-,23+/m0/s1. The van der Waals surface area contributed by atoms with Gasteiger partial charge in [0, 0.05) is 19.2 Å². The molecule has 0 fully saturated rings. The molecule has 41 heavy (non-hydrogen) atoms. The molecule has 5 rings (SSSR count). The minimum Gasteiger partial charge on any atom is -0.508 e. The van der Waals surface area contributed by atoms with E-state index in [9.17, 15) is 23.4 Å². The molecule has 0 spiro atoms. The number of hydrogen-bond acceptors (Lipinski definition) is 10. The lowest BCUT2D eigenvalue weighted by atomic mass is 10.0. The van der Waals surface area contributed by atoms with E-state index in [1.54, 1.807) is 18.2 Å². The summed E-state index contributed by atoms with van der Waals surface area (Å²) in [6, 6.07) is 11.2. The van der Waals surface area contributed by atoms with E-state index in [-0.39, 0.29) is 54.4 Å². The van der Waals surface area contributed by atoms with Crippen molar-refractivity contribution in [2.24, 2.45) is 5.92 Å². The van der Waals surface area contributed by atoms with Gasteiger partial charge in [0.15, 0.2) is 17.2 Å². The van der Waals surface area contributed by atoms with Crippen molar-refractivity contribution in [3.63, 3.8) is 0 Å². The van der Waals surface area contributed by atoms with Crippen molar-refractivity contribution >= 4 is 27.3 Å². The molecule has 0 saturated carbocycles. The maximum atomic E-state index is 13.7. The van der Waals surface area contributed by atoms with Crippen LogP contribution in [0.5, 0.6) is 23.0 Å². The van der Waals surface area contributed by atoms with Gasteiger partial charge in [0.25, 0.3) is 0 Å². The van der Waals surface area contributed by atoms with E-state index in [0.717, 1.165) is 0 Å². The number of nitrogens with zero attached hydrogens (tertiary/aromatic N) is 1. The van der Waals surface area contributed by atoms with E-state index >= 15 is 0 Å². The molecule has 3 N–H and O–H groups in total. The highest BCUT2D eigenvalue weighted by Crippen LogP contribution is 2.35. The van der Waals surface area contributed by atoms with Gasteiger partial charge in [-0.1, -0.05) is 26.0 Å². The number of carbonyl (C=O) groups excluding carboxylic acids is 1. The van der Waals surface area contributed by atoms with Crippen LogP contribution in [-0.2, 0) is 16.4 Å². The van der Waals surface area contributed by atoms with Crippen LogP contribution in [0.2, 0.25) is 0 Å². The van der Waals surface area contributed by atoms with Crippen molar-refractivity contribution in [3.05, 3.63) is 66.6 Å². The quantitative estimate of drug-likeness (QED) is 0.235. The van der Waals surface area contributed by atoms with E-state index in [0.29, 0.717) is 22.4 Å². The molecule has 2 aromatic carbocycles. The normalized spacial score (nSPS) is 14.5. The number of hydrogen-bond donors (Lipinski definition) is 3. The summed E-state index contributed by atoms with van der Waals surface area (Å²) in [5, 5.41) is 24.2. The number of aliphatic hydroxyl groups is 1. The predicted molar refractivity (Wildman–Crippen MR) is 145 cm³/mol. The number of furan rings is 2. The van der Waals surface area contributed by atoms with Gasteiger partial charge in [-0.15, -0.1) is 0 Å². The molecule has 0 aliphatic carbocycles. The number of fused-ring (bicyclic) bond motifs is 2. The minimum atomic E-state index is -4.07. The van der Waals surface area contributed by atoms with Gasteiger partial charge in [-0.3, -0.25) is 0 Å². The summed E-state index contributed by atoms with van der Waals surface area (Å²) in [6.45, 7) is 3.51. The number of sulfonamides is 1. The Morgan fingerprint density at radius 3 is 2.56 bits per heavy atom. The van der Waals surface area contributed by atoms with Crippen molar-refractivity contribution in [2.45, 2.75) is 37.3 Å². The SMILES string of the molecule is CC(C)CN(C[C@@H](O)[C@H](Cc1ccc(O)cc1)NC(=O)Oc1coc2occc12)S(=O)(=O)c1ccc2c(c1)OCO2. The maximum Gasteiger partial charge on any atom is 0.413 e. The monoisotopic (exact) mass is 586 g/mol. The van der Waals surface area contributed by atoms with Crippen LogP contribution < -0.4 is 19.5 Å². The number of phenols is 1. The van der Waals surface area contributed by atoms with Gasteiger partial charge in [-0.05, 0) is 48.2 Å². The summed E-state index contributed by atoms with van der Waals surface area (Å²) in [6.07, 6.45) is 0.493. The molecule has 0 unspecified atom stereocenters. The summed E-state index contributed by atoms with van der Waals surface area (Å²) in [5.41, 5.74) is 0.682. The Labute approximate surface area is 236 Å². The first-order valence-electron chi connectivity index (χ1n) is 12.9. The van der Waals surface area contributed by atoms with Crippen LogP contribution in [0.1, 0.15) is 19.4 Å². The number of amides is 1.